The Morgan fingerprint density at radius 3 is 2.50 bits per heavy atom. The molecule has 10 heavy (non-hydrogen) atoms. The molecule has 0 saturated carbocycles. The van der Waals surface area contributed by atoms with Gasteiger partial charge in [-0.25, -0.2) is 0 Å². The van der Waals surface area contributed by atoms with Gasteiger partial charge in [0.15, 0.2) is 0 Å². The van der Waals surface area contributed by atoms with Crippen molar-refractivity contribution < 1.29 is 13.6 Å². The zero-order valence-electron chi connectivity index (χ0n) is 5.23. The average Bonchev–Trinajstić information content (AvgIpc) is 1.77. The Balaban J connectivity index is 2.17. The summed E-state index contributed by atoms with van der Waals surface area (Å²) < 4.78 is 23.0. The summed E-state index contributed by atoms with van der Waals surface area (Å²) in [6.45, 7) is 1.19. The summed E-state index contributed by atoms with van der Waals surface area (Å²) in [6.07, 6.45) is -2.89. The molecule has 3 nitrogen and oxygen atoms in total. The number of rotatable bonds is 2. The lowest BCUT2D eigenvalue weighted by Crippen LogP contribution is -2.57. The van der Waals surface area contributed by atoms with Gasteiger partial charge in [0.05, 0.1) is 6.04 Å². The summed E-state index contributed by atoms with van der Waals surface area (Å²) >= 11 is 0. The van der Waals surface area contributed by atoms with Gasteiger partial charge in [-0.05, 0) is 0 Å². The molecule has 0 radical (unpaired) electrons. The molecule has 1 amide bonds. The van der Waals surface area contributed by atoms with Crippen LogP contribution in [0.4, 0.5) is 8.78 Å². The zero-order chi connectivity index (χ0) is 7.56. The summed E-state index contributed by atoms with van der Waals surface area (Å²) in [5.41, 5.74) is 0. The summed E-state index contributed by atoms with van der Waals surface area (Å²) in [7, 11) is 0. The van der Waals surface area contributed by atoms with Crippen LogP contribution < -0.4 is 10.6 Å². The van der Waals surface area contributed by atoms with Crippen molar-refractivity contribution in [3.05, 3.63) is 0 Å². The van der Waals surface area contributed by atoms with Gasteiger partial charge in [-0.3, -0.25) is 4.79 Å². The Morgan fingerprint density at radius 2 is 2.20 bits per heavy atom. The van der Waals surface area contributed by atoms with E-state index >= 15 is 0 Å². The Morgan fingerprint density at radius 1 is 1.60 bits per heavy atom. The minimum atomic E-state index is -2.89. The van der Waals surface area contributed by atoms with E-state index in [9.17, 15) is 13.6 Å². The first-order valence-electron chi connectivity index (χ1n) is 2.99. The Kier molecular flexibility index (Phi) is 2.16. The van der Waals surface area contributed by atoms with Crippen molar-refractivity contribution >= 4 is 5.91 Å². The lowest BCUT2D eigenvalue weighted by molar-refractivity contribution is -0.132. The van der Waals surface area contributed by atoms with Gasteiger partial charge >= 0.3 is 6.43 Å². The van der Waals surface area contributed by atoms with Crippen LogP contribution in [0.15, 0.2) is 0 Å². The minimum Gasteiger partial charge on any atom is -0.346 e. The van der Waals surface area contributed by atoms with E-state index in [1.807, 2.05) is 0 Å². The number of carbonyl (C=O) groups is 1. The van der Waals surface area contributed by atoms with Gasteiger partial charge in [0.1, 0.15) is 0 Å². The van der Waals surface area contributed by atoms with Crippen molar-refractivity contribution in [2.45, 2.75) is 12.5 Å². The first-order chi connectivity index (χ1) is 4.70. The van der Waals surface area contributed by atoms with Crippen LogP contribution in [0.3, 0.4) is 0 Å². The molecule has 0 aromatic heterocycles. The lowest BCUT2D eigenvalue weighted by Gasteiger charge is -2.27. The molecule has 1 aliphatic rings. The van der Waals surface area contributed by atoms with Crippen molar-refractivity contribution in [2.75, 3.05) is 13.1 Å². The average molecular weight is 150 g/mol. The van der Waals surface area contributed by atoms with Crippen LogP contribution in [0.2, 0.25) is 0 Å². The maximum absolute atomic E-state index is 11.5. The third-order valence-corrected chi connectivity index (χ3v) is 1.33. The monoisotopic (exact) mass is 150 g/mol. The number of hydrogen-bond acceptors (Lipinski definition) is 2. The number of amides is 1. The van der Waals surface area contributed by atoms with Crippen molar-refractivity contribution in [2.24, 2.45) is 0 Å². The molecule has 1 saturated heterocycles. The SMILES string of the molecule is O=C(NC1CNC1)C(F)F. The van der Waals surface area contributed by atoms with E-state index in [-0.39, 0.29) is 6.04 Å². The van der Waals surface area contributed by atoms with Gasteiger partial charge in [0.2, 0.25) is 0 Å². The third kappa shape index (κ3) is 1.63. The summed E-state index contributed by atoms with van der Waals surface area (Å²) in [6, 6.07) is -0.0958. The fourth-order valence-corrected chi connectivity index (χ4v) is 0.655. The van der Waals surface area contributed by atoms with Crippen molar-refractivity contribution in [1.29, 1.82) is 0 Å². The maximum Gasteiger partial charge on any atom is 0.315 e. The lowest BCUT2D eigenvalue weighted by atomic mass is 10.2. The number of alkyl halides is 2. The van der Waals surface area contributed by atoms with Crippen LogP contribution >= 0.6 is 0 Å². The number of nitrogens with one attached hydrogen (secondary N) is 2. The number of carbonyl (C=O) groups excluding carboxylic acids is 1. The van der Waals surface area contributed by atoms with Crippen LogP contribution in [0.5, 0.6) is 0 Å². The van der Waals surface area contributed by atoms with Gasteiger partial charge in [-0.1, -0.05) is 0 Å². The molecule has 0 bridgehead atoms. The van der Waals surface area contributed by atoms with E-state index < -0.39 is 12.3 Å². The molecule has 5 heteroatoms. The minimum absolute atomic E-state index is 0.0958. The molecule has 0 aromatic rings. The predicted octanol–water partition coefficient (Wildman–Crippen LogP) is -0.661. The third-order valence-electron chi connectivity index (χ3n) is 1.33. The highest BCUT2D eigenvalue weighted by Crippen LogP contribution is 1.95. The molecule has 0 spiro atoms. The molecule has 1 aliphatic heterocycles. The first kappa shape index (κ1) is 7.40. The normalized spacial score (nSPS) is 18.7. The smallest absolute Gasteiger partial charge is 0.315 e. The van der Waals surface area contributed by atoms with Gasteiger partial charge in [0.25, 0.3) is 5.91 Å². The molecule has 0 aromatic carbocycles. The maximum atomic E-state index is 11.5. The molecular weight excluding hydrogens is 142 g/mol. The number of halogens is 2. The van der Waals surface area contributed by atoms with E-state index in [0.29, 0.717) is 13.1 Å². The highest BCUT2D eigenvalue weighted by Gasteiger charge is 2.23. The summed E-state index contributed by atoms with van der Waals surface area (Å²) in [5, 5.41) is 5.01. The number of hydrogen-bond donors (Lipinski definition) is 2. The van der Waals surface area contributed by atoms with E-state index in [0.717, 1.165) is 0 Å². The van der Waals surface area contributed by atoms with E-state index in [1.54, 1.807) is 0 Å². The molecule has 0 atom stereocenters. The highest BCUT2D eigenvalue weighted by atomic mass is 19.3. The second-order valence-electron chi connectivity index (χ2n) is 2.16. The zero-order valence-corrected chi connectivity index (χ0v) is 5.23. The largest absolute Gasteiger partial charge is 0.346 e. The van der Waals surface area contributed by atoms with Crippen LogP contribution in [-0.2, 0) is 4.79 Å². The Bertz CT molecular complexity index is 136. The van der Waals surface area contributed by atoms with Crippen LogP contribution in [-0.4, -0.2) is 31.5 Å². The Hall–Kier alpha value is -0.710. The summed E-state index contributed by atoms with van der Waals surface area (Å²) in [4.78, 5) is 10.3. The van der Waals surface area contributed by atoms with Crippen molar-refractivity contribution in [3.8, 4) is 0 Å². The fraction of sp³-hybridized carbons (Fsp3) is 0.800. The second kappa shape index (κ2) is 2.92. The molecule has 2 N–H and O–H groups in total. The second-order valence-corrected chi connectivity index (χ2v) is 2.16. The standard InChI is InChI=1S/C5H8F2N2O/c6-4(7)5(10)9-3-1-8-2-3/h3-4,8H,1-2H2,(H,9,10). The molecular formula is C5H8F2N2O. The van der Waals surface area contributed by atoms with Crippen LogP contribution in [0.25, 0.3) is 0 Å². The summed E-state index contributed by atoms with van der Waals surface area (Å²) in [5.74, 6) is -1.17. The van der Waals surface area contributed by atoms with Gasteiger partial charge in [0, 0.05) is 13.1 Å². The molecule has 58 valence electrons. The van der Waals surface area contributed by atoms with Crippen LogP contribution in [0.1, 0.15) is 0 Å². The van der Waals surface area contributed by atoms with Gasteiger partial charge < -0.3 is 10.6 Å². The molecule has 0 unspecified atom stereocenters. The quantitative estimate of drug-likeness (QED) is 0.548. The topological polar surface area (TPSA) is 41.1 Å². The van der Waals surface area contributed by atoms with E-state index in [1.165, 1.54) is 0 Å². The predicted molar refractivity (Wildman–Crippen MR) is 30.8 cm³/mol. The highest BCUT2D eigenvalue weighted by molar-refractivity contribution is 5.79. The molecule has 1 fully saturated rings. The molecule has 0 aliphatic carbocycles. The van der Waals surface area contributed by atoms with Crippen LogP contribution in [0, 0.1) is 0 Å². The fourth-order valence-electron chi connectivity index (χ4n) is 0.655. The van der Waals surface area contributed by atoms with Crippen molar-refractivity contribution in [3.63, 3.8) is 0 Å². The Labute approximate surface area is 56.8 Å². The molecule has 1 rings (SSSR count). The first-order valence-corrected chi connectivity index (χ1v) is 2.99. The van der Waals surface area contributed by atoms with Gasteiger partial charge in [-0.15, -0.1) is 0 Å². The van der Waals surface area contributed by atoms with E-state index in [4.69, 9.17) is 0 Å². The molecule has 1 heterocycles. The van der Waals surface area contributed by atoms with E-state index in [2.05, 4.69) is 10.6 Å². The van der Waals surface area contributed by atoms with Gasteiger partial charge in [-0.2, -0.15) is 8.78 Å². The van der Waals surface area contributed by atoms with Crippen molar-refractivity contribution in [1.82, 2.24) is 10.6 Å².